The zero-order valence-corrected chi connectivity index (χ0v) is 11.8. The van der Waals surface area contributed by atoms with Gasteiger partial charge in [-0.3, -0.25) is 0 Å². The van der Waals surface area contributed by atoms with Crippen LogP contribution in [0.4, 0.5) is 0 Å². The van der Waals surface area contributed by atoms with Gasteiger partial charge in [0.2, 0.25) is 5.82 Å². The van der Waals surface area contributed by atoms with Crippen LogP contribution < -0.4 is 0 Å². The average molecular weight is 339 g/mol. The number of nitrogens with zero attached hydrogens (tertiary/aromatic N) is 2. The molecular weight excluding hydrogens is 332 g/mol. The van der Waals surface area contributed by atoms with E-state index in [0.29, 0.717) is 5.82 Å². The predicted octanol–water partition coefficient (Wildman–Crippen LogP) is 3.64. The molecule has 7 heteroatoms. The standard InChI is InChI=1S/C12H7BrN2O3S/c13-9-5-4-8(19-9)11-14-12(18-15-11)10-6(16)2-1-3-7(10)17/h1-5,16-17H. The Morgan fingerprint density at radius 3 is 2.47 bits per heavy atom. The highest BCUT2D eigenvalue weighted by molar-refractivity contribution is 9.11. The zero-order valence-electron chi connectivity index (χ0n) is 9.37. The van der Waals surface area contributed by atoms with Crippen LogP contribution in [0.25, 0.3) is 22.2 Å². The van der Waals surface area contributed by atoms with Crippen molar-refractivity contribution in [2.75, 3.05) is 0 Å². The van der Waals surface area contributed by atoms with Crippen LogP contribution in [0.5, 0.6) is 11.5 Å². The smallest absolute Gasteiger partial charge is 0.265 e. The third kappa shape index (κ3) is 2.22. The largest absolute Gasteiger partial charge is 0.507 e. The van der Waals surface area contributed by atoms with E-state index in [2.05, 4.69) is 26.1 Å². The zero-order chi connectivity index (χ0) is 13.4. The number of halogens is 1. The summed E-state index contributed by atoms with van der Waals surface area (Å²) in [5.74, 6) is 0.272. The molecule has 0 unspecified atom stereocenters. The first kappa shape index (κ1) is 12.2. The molecule has 2 N–H and O–H groups in total. The van der Waals surface area contributed by atoms with E-state index in [1.54, 1.807) is 0 Å². The summed E-state index contributed by atoms with van der Waals surface area (Å²) in [4.78, 5) is 5.01. The van der Waals surface area contributed by atoms with Gasteiger partial charge in [-0.05, 0) is 40.2 Å². The lowest BCUT2D eigenvalue weighted by atomic mass is 10.2. The third-order valence-electron chi connectivity index (χ3n) is 2.45. The number of aromatic hydroxyl groups is 2. The molecule has 2 aromatic heterocycles. The van der Waals surface area contributed by atoms with Gasteiger partial charge in [-0.15, -0.1) is 11.3 Å². The minimum Gasteiger partial charge on any atom is -0.507 e. The highest BCUT2D eigenvalue weighted by Gasteiger charge is 2.18. The molecule has 0 saturated heterocycles. The van der Waals surface area contributed by atoms with Crippen molar-refractivity contribution in [3.63, 3.8) is 0 Å². The Balaban J connectivity index is 2.06. The molecule has 2 heterocycles. The summed E-state index contributed by atoms with van der Waals surface area (Å²) < 4.78 is 6.04. The average Bonchev–Trinajstić information content (AvgIpc) is 2.98. The Labute approximate surface area is 120 Å². The normalized spacial score (nSPS) is 10.8. The number of rotatable bonds is 2. The highest BCUT2D eigenvalue weighted by atomic mass is 79.9. The topological polar surface area (TPSA) is 79.4 Å². The number of thiophene rings is 1. The Morgan fingerprint density at radius 1 is 1.11 bits per heavy atom. The second-order valence-corrected chi connectivity index (χ2v) is 6.16. The van der Waals surface area contributed by atoms with E-state index >= 15 is 0 Å². The highest BCUT2D eigenvalue weighted by Crippen LogP contribution is 2.37. The van der Waals surface area contributed by atoms with Gasteiger partial charge in [0.25, 0.3) is 5.89 Å². The molecule has 1 aromatic carbocycles. The van der Waals surface area contributed by atoms with E-state index in [0.717, 1.165) is 8.66 Å². The predicted molar refractivity (Wildman–Crippen MR) is 74.1 cm³/mol. The van der Waals surface area contributed by atoms with Gasteiger partial charge in [0, 0.05) is 0 Å². The van der Waals surface area contributed by atoms with Crippen molar-refractivity contribution in [3.8, 4) is 33.7 Å². The third-order valence-corrected chi connectivity index (χ3v) is 4.07. The molecule has 3 rings (SSSR count). The molecule has 5 nitrogen and oxygen atoms in total. The minimum absolute atomic E-state index is 0.0788. The molecule has 96 valence electrons. The molecule has 0 fully saturated rings. The van der Waals surface area contributed by atoms with Crippen molar-refractivity contribution in [2.45, 2.75) is 0 Å². The second kappa shape index (κ2) is 4.67. The Bertz CT molecular complexity index is 718. The molecular formula is C12H7BrN2O3S. The Hall–Kier alpha value is -1.86. The van der Waals surface area contributed by atoms with Crippen molar-refractivity contribution < 1.29 is 14.7 Å². The van der Waals surface area contributed by atoms with Crippen molar-refractivity contribution in [1.29, 1.82) is 0 Å². The molecule has 0 bridgehead atoms. The molecule has 0 saturated carbocycles. The molecule has 0 atom stereocenters. The van der Waals surface area contributed by atoms with Crippen LogP contribution in [0.2, 0.25) is 0 Å². The SMILES string of the molecule is Oc1cccc(O)c1-c1nc(-c2ccc(Br)s2)no1. The number of phenolic OH excluding ortho intramolecular Hbond substituents is 2. The van der Waals surface area contributed by atoms with Crippen molar-refractivity contribution >= 4 is 27.3 Å². The quantitative estimate of drug-likeness (QED) is 0.745. The van der Waals surface area contributed by atoms with E-state index in [1.165, 1.54) is 29.5 Å². The first-order valence-corrected chi connectivity index (χ1v) is 6.87. The van der Waals surface area contributed by atoms with Gasteiger partial charge < -0.3 is 14.7 Å². The fourth-order valence-corrected chi connectivity index (χ4v) is 2.92. The maximum atomic E-state index is 9.74. The van der Waals surface area contributed by atoms with E-state index in [9.17, 15) is 10.2 Å². The monoisotopic (exact) mass is 338 g/mol. The maximum absolute atomic E-state index is 9.74. The van der Waals surface area contributed by atoms with Crippen LogP contribution in [-0.2, 0) is 0 Å². The van der Waals surface area contributed by atoms with Gasteiger partial charge in [0.05, 0.1) is 8.66 Å². The molecule has 19 heavy (non-hydrogen) atoms. The van der Waals surface area contributed by atoms with E-state index in [4.69, 9.17) is 4.52 Å². The number of aromatic nitrogens is 2. The molecule has 0 aliphatic carbocycles. The van der Waals surface area contributed by atoms with Crippen LogP contribution in [0.1, 0.15) is 0 Å². The molecule has 0 radical (unpaired) electrons. The number of hydrogen-bond donors (Lipinski definition) is 2. The van der Waals surface area contributed by atoms with Gasteiger partial charge >= 0.3 is 0 Å². The van der Waals surface area contributed by atoms with Crippen LogP contribution in [0, 0.1) is 0 Å². The van der Waals surface area contributed by atoms with Gasteiger partial charge in [-0.25, -0.2) is 0 Å². The van der Waals surface area contributed by atoms with E-state index in [1.807, 2.05) is 12.1 Å². The second-order valence-electron chi connectivity index (χ2n) is 3.70. The maximum Gasteiger partial charge on any atom is 0.265 e. The lowest BCUT2D eigenvalue weighted by Crippen LogP contribution is -1.81. The fraction of sp³-hybridized carbons (Fsp3) is 0. The van der Waals surface area contributed by atoms with Gasteiger partial charge in [0.1, 0.15) is 17.1 Å². The number of phenols is 2. The summed E-state index contributed by atoms with van der Waals surface area (Å²) in [6.45, 7) is 0. The summed E-state index contributed by atoms with van der Waals surface area (Å²) in [6.07, 6.45) is 0. The van der Waals surface area contributed by atoms with Crippen molar-refractivity contribution in [1.82, 2.24) is 10.1 Å². The summed E-state index contributed by atoms with van der Waals surface area (Å²) in [5.41, 5.74) is 0.136. The number of benzene rings is 1. The molecule has 0 amide bonds. The minimum atomic E-state index is -0.109. The number of hydrogen-bond acceptors (Lipinski definition) is 6. The summed E-state index contributed by atoms with van der Waals surface area (Å²) in [7, 11) is 0. The first-order chi connectivity index (χ1) is 9.15. The van der Waals surface area contributed by atoms with E-state index < -0.39 is 0 Å². The van der Waals surface area contributed by atoms with E-state index in [-0.39, 0.29) is 23.0 Å². The van der Waals surface area contributed by atoms with Gasteiger partial charge in [-0.2, -0.15) is 4.98 Å². The fourth-order valence-electron chi connectivity index (χ4n) is 1.61. The lowest BCUT2D eigenvalue weighted by Gasteiger charge is -2.00. The van der Waals surface area contributed by atoms with Gasteiger partial charge in [0.15, 0.2) is 0 Å². The van der Waals surface area contributed by atoms with Crippen LogP contribution in [-0.4, -0.2) is 20.4 Å². The first-order valence-electron chi connectivity index (χ1n) is 5.26. The van der Waals surface area contributed by atoms with Gasteiger partial charge in [-0.1, -0.05) is 11.2 Å². The van der Waals surface area contributed by atoms with Crippen LogP contribution in [0.3, 0.4) is 0 Å². The summed E-state index contributed by atoms with van der Waals surface area (Å²) in [5, 5.41) is 23.3. The summed E-state index contributed by atoms with van der Waals surface area (Å²) >= 11 is 4.82. The van der Waals surface area contributed by atoms with Crippen LogP contribution >= 0.6 is 27.3 Å². The molecule has 3 aromatic rings. The lowest BCUT2D eigenvalue weighted by molar-refractivity contribution is 0.416. The Kier molecular flexibility index (Phi) is 3.00. The van der Waals surface area contributed by atoms with Crippen molar-refractivity contribution in [2.24, 2.45) is 0 Å². The molecule has 0 aliphatic heterocycles. The molecule has 0 spiro atoms. The summed E-state index contributed by atoms with van der Waals surface area (Å²) in [6, 6.07) is 8.16. The van der Waals surface area contributed by atoms with Crippen molar-refractivity contribution in [3.05, 3.63) is 34.1 Å². The Morgan fingerprint density at radius 2 is 1.84 bits per heavy atom. The molecule has 0 aliphatic rings. The van der Waals surface area contributed by atoms with Crippen LogP contribution in [0.15, 0.2) is 38.6 Å².